The maximum absolute atomic E-state index is 12.8. The molecule has 2 atom stereocenters. The van der Waals surface area contributed by atoms with Gasteiger partial charge in [-0.3, -0.25) is 9.59 Å². The number of hydrogen-bond acceptors (Lipinski definition) is 4. The van der Waals surface area contributed by atoms with Crippen molar-refractivity contribution in [1.29, 1.82) is 0 Å². The Labute approximate surface area is 170 Å². The largest absolute Gasteiger partial charge is 0.292 e. The number of allylic oxidation sites excluding steroid dienone is 2. The molecule has 1 amide bonds. The minimum atomic E-state index is -0.398. The first-order valence-electron chi connectivity index (χ1n) is 10.5. The van der Waals surface area contributed by atoms with E-state index in [1.54, 1.807) is 24.4 Å². The number of nitrogens with zero attached hydrogens (tertiary/aromatic N) is 3. The first-order chi connectivity index (χ1) is 13.9. The van der Waals surface area contributed by atoms with Crippen LogP contribution in [0.25, 0.3) is 10.8 Å². The molecule has 2 unspecified atom stereocenters. The molecule has 0 radical (unpaired) electrons. The van der Waals surface area contributed by atoms with Gasteiger partial charge in [0.1, 0.15) is 0 Å². The van der Waals surface area contributed by atoms with Gasteiger partial charge in [0.15, 0.2) is 5.69 Å². The fourth-order valence-corrected chi connectivity index (χ4v) is 4.63. The van der Waals surface area contributed by atoms with Crippen molar-refractivity contribution >= 4 is 22.9 Å². The van der Waals surface area contributed by atoms with E-state index in [9.17, 15) is 9.59 Å². The van der Waals surface area contributed by atoms with Crippen LogP contribution in [0.15, 0.2) is 45.8 Å². The lowest BCUT2D eigenvalue weighted by Gasteiger charge is -2.55. The highest BCUT2D eigenvalue weighted by Gasteiger charge is 2.50. The van der Waals surface area contributed by atoms with Gasteiger partial charge in [0, 0.05) is 11.9 Å². The van der Waals surface area contributed by atoms with E-state index >= 15 is 0 Å². The maximum atomic E-state index is 12.8. The molecule has 0 spiro atoms. The number of nitrogens with one attached hydrogen (secondary N) is 1. The van der Waals surface area contributed by atoms with Gasteiger partial charge in [0.2, 0.25) is 0 Å². The molecule has 1 fully saturated rings. The number of aromatic nitrogens is 2. The number of unbranched alkanes of at least 4 members (excludes halogenated alkanes) is 1. The van der Waals surface area contributed by atoms with Crippen molar-refractivity contribution in [1.82, 2.24) is 15.2 Å². The van der Waals surface area contributed by atoms with Crippen molar-refractivity contribution in [3.8, 4) is 0 Å². The van der Waals surface area contributed by atoms with E-state index in [2.05, 4.69) is 42.5 Å². The number of carbonyl (C=O) groups is 1. The van der Waals surface area contributed by atoms with Crippen LogP contribution in [0.4, 0.5) is 0 Å². The Morgan fingerprint density at radius 1 is 1.34 bits per heavy atom. The molecule has 1 N–H and O–H groups in total. The molecule has 0 aliphatic heterocycles. The van der Waals surface area contributed by atoms with Gasteiger partial charge in [-0.2, -0.15) is 10.2 Å². The van der Waals surface area contributed by atoms with Gasteiger partial charge >= 0.3 is 0 Å². The first-order valence-corrected chi connectivity index (χ1v) is 10.5. The first kappa shape index (κ1) is 19.6. The second kappa shape index (κ2) is 7.58. The Hall–Kier alpha value is -2.76. The van der Waals surface area contributed by atoms with Gasteiger partial charge in [-0.15, -0.1) is 0 Å². The molecule has 1 aromatic carbocycles. The number of carbonyl (C=O) groups excluding carboxylic acids is 1. The molecule has 5 rings (SSSR count). The molecule has 29 heavy (non-hydrogen) atoms. The summed E-state index contributed by atoms with van der Waals surface area (Å²) in [4.78, 5) is 25.5. The van der Waals surface area contributed by atoms with E-state index in [4.69, 9.17) is 0 Å². The van der Waals surface area contributed by atoms with Gasteiger partial charge in [-0.25, -0.2) is 10.1 Å². The second-order valence-corrected chi connectivity index (χ2v) is 8.72. The number of fused-ring (bicyclic) bond motifs is 2. The summed E-state index contributed by atoms with van der Waals surface area (Å²) in [6.07, 6.45) is 8.06. The highest BCUT2D eigenvalue weighted by molar-refractivity contribution is 6.04. The number of rotatable bonds is 6. The van der Waals surface area contributed by atoms with Crippen molar-refractivity contribution in [2.75, 3.05) is 0 Å². The van der Waals surface area contributed by atoms with Gasteiger partial charge in [0.25, 0.3) is 11.5 Å². The summed E-state index contributed by atoms with van der Waals surface area (Å²) in [5.41, 5.74) is 4.20. The lowest BCUT2D eigenvalue weighted by molar-refractivity contribution is -0.00126. The van der Waals surface area contributed by atoms with Crippen LogP contribution in [-0.4, -0.2) is 21.9 Å². The minimum Gasteiger partial charge on any atom is -0.267 e. The molecule has 152 valence electrons. The number of amides is 1. The van der Waals surface area contributed by atoms with Gasteiger partial charge in [-0.1, -0.05) is 51.5 Å². The molecular formula is C23H28N4O2. The predicted molar refractivity (Wildman–Crippen MR) is 115 cm³/mol. The number of hydrazone groups is 1. The van der Waals surface area contributed by atoms with Crippen LogP contribution < -0.4 is 11.0 Å². The molecule has 1 heterocycles. The van der Waals surface area contributed by atoms with E-state index in [1.807, 2.05) is 6.07 Å². The highest BCUT2D eigenvalue weighted by atomic mass is 16.2. The molecule has 6 heteroatoms. The van der Waals surface area contributed by atoms with Crippen molar-refractivity contribution in [3.63, 3.8) is 0 Å². The lowest BCUT2D eigenvalue weighted by Crippen LogP contribution is -2.48. The van der Waals surface area contributed by atoms with Crippen LogP contribution in [0.3, 0.4) is 0 Å². The van der Waals surface area contributed by atoms with Crippen LogP contribution >= 0.6 is 0 Å². The predicted octanol–water partition coefficient (Wildman–Crippen LogP) is 3.90. The molecule has 6 nitrogen and oxygen atoms in total. The smallest absolute Gasteiger partial charge is 0.267 e. The third-order valence-corrected chi connectivity index (χ3v) is 6.70. The normalized spacial score (nSPS) is 22.4. The van der Waals surface area contributed by atoms with Crippen LogP contribution in [-0.2, 0) is 6.54 Å². The molecular weight excluding hydrogens is 364 g/mol. The molecule has 0 saturated heterocycles. The Bertz CT molecular complexity index is 1060. The van der Waals surface area contributed by atoms with Crippen molar-refractivity contribution in [3.05, 3.63) is 52.0 Å². The quantitative estimate of drug-likeness (QED) is 0.598. The Morgan fingerprint density at radius 3 is 2.79 bits per heavy atom. The molecule has 3 aliphatic rings. The van der Waals surface area contributed by atoms with Crippen LogP contribution in [0.2, 0.25) is 0 Å². The summed E-state index contributed by atoms with van der Waals surface area (Å²) in [5, 5.41) is 9.62. The summed E-state index contributed by atoms with van der Waals surface area (Å²) in [5.74, 6) is 0.876. The van der Waals surface area contributed by atoms with Crippen molar-refractivity contribution in [2.45, 2.75) is 53.0 Å². The van der Waals surface area contributed by atoms with E-state index < -0.39 is 5.91 Å². The van der Waals surface area contributed by atoms with E-state index in [0.29, 0.717) is 28.7 Å². The average Bonchev–Trinajstić information content (AvgIpc) is 2.73. The Balaban J connectivity index is 1.58. The summed E-state index contributed by atoms with van der Waals surface area (Å²) in [7, 11) is 0. The molecule has 1 saturated carbocycles. The number of aryl methyl sites for hydroxylation is 1. The highest BCUT2D eigenvalue weighted by Crippen LogP contribution is 2.58. The van der Waals surface area contributed by atoms with E-state index in [1.165, 1.54) is 16.7 Å². The summed E-state index contributed by atoms with van der Waals surface area (Å²) in [6.45, 7) is 7.16. The second-order valence-electron chi connectivity index (χ2n) is 8.72. The van der Waals surface area contributed by atoms with Crippen molar-refractivity contribution < 1.29 is 4.79 Å². The van der Waals surface area contributed by atoms with Gasteiger partial charge in [0.05, 0.1) is 11.6 Å². The topological polar surface area (TPSA) is 76.3 Å². The molecule has 2 aromatic rings. The van der Waals surface area contributed by atoms with Crippen LogP contribution in [0.1, 0.15) is 56.9 Å². The zero-order chi connectivity index (χ0) is 20.6. The van der Waals surface area contributed by atoms with Gasteiger partial charge < -0.3 is 0 Å². The van der Waals surface area contributed by atoms with Gasteiger partial charge in [-0.05, 0) is 48.2 Å². The molecule has 3 aliphatic carbocycles. The fraction of sp³-hybridized carbons (Fsp3) is 0.478. The number of hydrogen-bond donors (Lipinski definition) is 1. The summed E-state index contributed by atoms with van der Waals surface area (Å²) >= 11 is 0. The maximum Gasteiger partial charge on any atom is 0.292 e. The lowest BCUT2D eigenvalue weighted by atomic mass is 9.49. The van der Waals surface area contributed by atoms with Crippen molar-refractivity contribution in [2.24, 2.45) is 22.4 Å². The average molecular weight is 393 g/mol. The fourth-order valence-electron chi connectivity index (χ4n) is 4.63. The number of benzene rings is 1. The van der Waals surface area contributed by atoms with Crippen LogP contribution in [0, 0.1) is 17.3 Å². The Kier molecular flexibility index (Phi) is 5.11. The summed E-state index contributed by atoms with van der Waals surface area (Å²) < 4.78 is 1.39. The standard InChI is InChI=1S/C23H28N4O2/c1-4-5-12-27-22(29)18-9-7-6-8-17(18)20(26-27)21(28)25-24-14-15-10-11-16-13-19(15)23(16,2)3/h6-10,14,16,19H,4-5,11-13H2,1-3H3,(H,25,28)/b24-14+. The Morgan fingerprint density at radius 2 is 2.10 bits per heavy atom. The third kappa shape index (κ3) is 3.41. The van der Waals surface area contributed by atoms with Crippen LogP contribution in [0.5, 0.6) is 0 Å². The zero-order valence-electron chi connectivity index (χ0n) is 17.3. The monoisotopic (exact) mass is 392 g/mol. The third-order valence-electron chi connectivity index (χ3n) is 6.70. The summed E-state index contributed by atoms with van der Waals surface area (Å²) in [6, 6.07) is 7.11. The van der Waals surface area contributed by atoms with E-state index in [-0.39, 0.29) is 11.3 Å². The minimum absolute atomic E-state index is 0.164. The molecule has 1 aromatic heterocycles. The molecule has 2 bridgehead atoms. The van der Waals surface area contributed by atoms with E-state index in [0.717, 1.165) is 25.2 Å². The zero-order valence-corrected chi connectivity index (χ0v) is 17.3. The SMILES string of the molecule is CCCCn1nc(C(=O)N/N=C/C2=CCC3CC2C3(C)C)c2ccccc2c1=O.